The van der Waals surface area contributed by atoms with E-state index >= 15 is 0 Å². The second kappa shape index (κ2) is 5.37. The topological polar surface area (TPSA) is 98.5 Å². The molecule has 0 bridgehead atoms. The number of sulfonamides is 1. The van der Waals surface area contributed by atoms with Crippen LogP contribution in [0.4, 0.5) is 11.4 Å². The lowest BCUT2D eigenvalue weighted by Gasteiger charge is -2.09. The van der Waals surface area contributed by atoms with E-state index in [1.807, 2.05) is 0 Å². The summed E-state index contributed by atoms with van der Waals surface area (Å²) in [5.74, 6) is -1.59. The average molecular weight is 323 g/mol. The largest absolute Gasteiger partial charge is 0.468 e. The van der Waals surface area contributed by atoms with Crippen LogP contribution in [0.15, 0.2) is 22.7 Å². The molecule has 94 valence electrons. The highest BCUT2D eigenvalue weighted by atomic mass is 79.9. The third-order valence-electron chi connectivity index (χ3n) is 1.81. The lowest BCUT2D eigenvalue weighted by atomic mass is 10.3. The maximum absolute atomic E-state index is 11.5. The minimum atomic E-state index is -3.80. The molecule has 3 N–H and O–H groups in total. The molecule has 0 radical (unpaired) electrons. The van der Waals surface area contributed by atoms with Gasteiger partial charge in [-0.25, -0.2) is 8.42 Å². The summed E-state index contributed by atoms with van der Waals surface area (Å²) in [6.07, 6.45) is 0. The van der Waals surface area contributed by atoms with Gasteiger partial charge in [-0.15, -0.1) is 0 Å². The predicted molar refractivity (Wildman–Crippen MR) is 68.0 cm³/mol. The Morgan fingerprint density at radius 3 is 2.71 bits per heavy atom. The Morgan fingerprint density at radius 2 is 2.18 bits per heavy atom. The number of carbonyl (C=O) groups is 1. The Balaban J connectivity index is 2.87. The first-order chi connectivity index (χ1) is 7.84. The summed E-state index contributed by atoms with van der Waals surface area (Å²) in [5, 5.41) is 0. The van der Waals surface area contributed by atoms with Crippen molar-refractivity contribution >= 4 is 43.3 Å². The summed E-state index contributed by atoms with van der Waals surface area (Å²) in [7, 11) is -2.68. The molecule has 8 heteroatoms. The monoisotopic (exact) mass is 322 g/mol. The number of anilines is 2. The maximum Gasteiger partial charge on any atom is 0.322 e. The van der Waals surface area contributed by atoms with Gasteiger partial charge in [-0.2, -0.15) is 0 Å². The molecule has 0 unspecified atom stereocenters. The van der Waals surface area contributed by atoms with Crippen LogP contribution < -0.4 is 10.5 Å². The van der Waals surface area contributed by atoms with Gasteiger partial charge in [0.05, 0.1) is 18.5 Å². The molecule has 0 aliphatic rings. The molecule has 6 nitrogen and oxygen atoms in total. The number of carbonyl (C=O) groups excluding carboxylic acids is 1. The Morgan fingerprint density at radius 1 is 1.53 bits per heavy atom. The van der Waals surface area contributed by atoms with Crippen molar-refractivity contribution in [3.05, 3.63) is 22.7 Å². The fourth-order valence-electron chi connectivity index (χ4n) is 1.04. The van der Waals surface area contributed by atoms with E-state index in [0.717, 1.165) is 11.6 Å². The Kier molecular flexibility index (Phi) is 4.35. The van der Waals surface area contributed by atoms with E-state index in [1.54, 1.807) is 12.1 Å². The third kappa shape index (κ3) is 4.23. The third-order valence-corrected chi connectivity index (χ3v) is 3.45. The summed E-state index contributed by atoms with van der Waals surface area (Å²) in [6.45, 7) is 0. The van der Waals surface area contributed by atoms with Crippen LogP contribution in [0.25, 0.3) is 0 Å². The molecule has 0 spiro atoms. The molecule has 0 atom stereocenters. The normalized spacial score (nSPS) is 10.9. The van der Waals surface area contributed by atoms with Crippen LogP contribution >= 0.6 is 15.9 Å². The Labute approximate surface area is 107 Å². The molecule has 1 rings (SSSR count). The predicted octanol–water partition coefficient (Wildman–Crippen LogP) is 0.946. The number of nitrogens with two attached hydrogens (primary N) is 1. The molecule has 1 aromatic rings. The van der Waals surface area contributed by atoms with E-state index in [4.69, 9.17) is 5.73 Å². The standard InChI is InChI=1S/C9H11BrN2O4S/c1-16-9(13)5-17(14,15)12-8-3-2-6(10)4-7(8)11/h2-4,12H,5,11H2,1H3. The number of hydrogen-bond acceptors (Lipinski definition) is 5. The first-order valence-electron chi connectivity index (χ1n) is 4.46. The van der Waals surface area contributed by atoms with Gasteiger partial charge in [0.15, 0.2) is 5.75 Å². The lowest BCUT2D eigenvalue weighted by molar-refractivity contribution is -0.137. The molecule has 0 fully saturated rings. The van der Waals surface area contributed by atoms with Gasteiger partial charge in [0.2, 0.25) is 10.0 Å². The Hall–Kier alpha value is -1.28. The fourth-order valence-corrected chi connectivity index (χ4v) is 2.44. The highest BCUT2D eigenvalue weighted by molar-refractivity contribution is 9.10. The van der Waals surface area contributed by atoms with Crippen molar-refractivity contribution in [3.8, 4) is 0 Å². The fraction of sp³-hybridized carbons (Fsp3) is 0.222. The van der Waals surface area contributed by atoms with Gasteiger partial charge in [-0.05, 0) is 18.2 Å². The van der Waals surface area contributed by atoms with Crippen molar-refractivity contribution < 1.29 is 17.9 Å². The number of nitrogen functional groups attached to an aromatic ring is 1. The molecule has 0 saturated carbocycles. The van der Waals surface area contributed by atoms with Gasteiger partial charge in [-0.3, -0.25) is 9.52 Å². The smallest absolute Gasteiger partial charge is 0.322 e. The molecular weight excluding hydrogens is 312 g/mol. The molecule has 17 heavy (non-hydrogen) atoms. The zero-order chi connectivity index (χ0) is 13.1. The molecule has 0 saturated heterocycles. The quantitative estimate of drug-likeness (QED) is 0.635. The van der Waals surface area contributed by atoms with Gasteiger partial charge < -0.3 is 10.5 Å². The highest BCUT2D eigenvalue weighted by Crippen LogP contribution is 2.23. The number of halogens is 1. The summed E-state index contributed by atoms with van der Waals surface area (Å²) < 4.78 is 30.3. The molecule has 0 aliphatic heterocycles. The van der Waals surface area contributed by atoms with Crippen LogP contribution in [0.3, 0.4) is 0 Å². The molecule has 0 amide bonds. The molecule has 1 aromatic carbocycles. The molecular formula is C9H11BrN2O4S. The van der Waals surface area contributed by atoms with Crippen molar-refractivity contribution in [3.63, 3.8) is 0 Å². The van der Waals surface area contributed by atoms with Crippen molar-refractivity contribution in [2.24, 2.45) is 0 Å². The van der Waals surface area contributed by atoms with E-state index < -0.39 is 21.7 Å². The van der Waals surface area contributed by atoms with Gasteiger partial charge in [0.25, 0.3) is 0 Å². The second-order valence-corrected chi connectivity index (χ2v) is 5.81. The van der Waals surface area contributed by atoms with Gasteiger partial charge in [0.1, 0.15) is 0 Å². The first-order valence-corrected chi connectivity index (χ1v) is 6.91. The van der Waals surface area contributed by atoms with Crippen LogP contribution in [0.1, 0.15) is 0 Å². The van der Waals surface area contributed by atoms with Crippen LogP contribution in [0.5, 0.6) is 0 Å². The van der Waals surface area contributed by atoms with Gasteiger partial charge in [-0.1, -0.05) is 15.9 Å². The van der Waals surface area contributed by atoms with Crippen LogP contribution in [-0.2, 0) is 19.6 Å². The number of esters is 1. The van der Waals surface area contributed by atoms with Crippen molar-refractivity contribution in [2.75, 3.05) is 23.3 Å². The number of methoxy groups -OCH3 is 1. The minimum absolute atomic E-state index is 0.220. The van der Waals surface area contributed by atoms with E-state index in [2.05, 4.69) is 25.4 Å². The van der Waals surface area contributed by atoms with Gasteiger partial charge >= 0.3 is 5.97 Å². The average Bonchev–Trinajstić information content (AvgIpc) is 2.21. The molecule has 0 aliphatic carbocycles. The van der Waals surface area contributed by atoms with Crippen LogP contribution in [-0.4, -0.2) is 27.2 Å². The second-order valence-electron chi connectivity index (χ2n) is 3.17. The molecule has 0 heterocycles. The number of ether oxygens (including phenoxy) is 1. The van der Waals surface area contributed by atoms with Crippen molar-refractivity contribution in [1.82, 2.24) is 0 Å². The summed E-state index contributed by atoms with van der Waals surface area (Å²) in [5.41, 5.74) is 6.10. The van der Waals surface area contributed by atoms with E-state index in [-0.39, 0.29) is 11.4 Å². The zero-order valence-electron chi connectivity index (χ0n) is 8.94. The SMILES string of the molecule is COC(=O)CS(=O)(=O)Nc1ccc(Br)cc1N. The Bertz CT molecular complexity index is 530. The van der Waals surface area contributed by atoms with Gasteiger partial charge in [0, 0.05) is 4.47 Å². The number of nitrogens with one attached hydrogen (secondary N) is 1. The van der Waals surface area contributed by atoms with Crippen LogP contribution in [0, 0.1) is 0 Å². The minimum Gasteiger partial charge on any atom is -0.468 e. The zero-order valence-corrected chi connectivity index (χ0v) is 11.3. The number of hydrogen-bond donors (Lipinski definition) is 2. The molecule has 0 aromatic heterocycles. The van der Waals surface area contributed by atoms with E-state index in [1.165, 1.54) is 6.07 Å². The highest BCUT2D eigenvalue weighted by Gasteiger charge is 2.17. The maximum atomic E-state index is 11.5. The number of rotatable bonds is 4. The van der Waals surface area contributed by atoms with E-state index in [0.29, 0.717) is 0 Å². The number of benzene rings is 1. The van der Waals surface area contributed by atoms with E-state index in [9.17, 15) is 13.2 Å². The lowest BCUT2D eigenvalue weighted by Crippen LogP contribution is -2.24. The van der Waals surface area contributed by atoms with Crippen molar-refractivity contribution in [2.45, 2.75) is 0 Å². The summed E-state index contributed by atoms with van der Waals surface area (Å²) in [6, 6.07) is 4.68. The first kappa shape index (κ1) is 13.8. The summed E-state index contributed by atoms with van der Waals surface area (Å²) >= 11 is 3.20. The van der Waals surface area contributed by atoms with Crippen LogP contribution in [0.2, 0.25) is 0 Å². The van der Waals surface area contributed by atoms with Crippen molar-refractivity contribution in [1.29, 1.82) is 0 Å². The summed E-state index contributed by atoms with van der Waals surface area (Å²) in [4.78, 5) is 10.9.